The maximum atomic E-state index is 5.86. The van der Waals surface area contributed by atoms with Crippen LogP contribution in [0.5, 0.6) is 0 Å². The first kappa shape index (κ1) is 10.9. The van der Waals surface area contributed by atoms with Gasteiger partial charge in [-0.3, -0.25) is 0 Å². The van der Waals surface area contributed by atoms with E-state index in [-0.39, 0.29) is 0 Å². The maximum absolute atomic E-state index is 5.86. The van der Waals surface area contributed by atoms with Gasteiger partial charge in [0.2, 0.25) is 0 Å². The quantitative estimate of drug-likeness (QED) is 0.682. The fraction of sp³-hybridized carbons (Fsp3) is 0.583. The number of likely N-dealkylation sites (tertiary alicyclic amines) is 1. The van der Waals surface area contributed by atoms with E-state index in [9.17, 15) is 0 Å². The van der Waals surface area contributed by atoms with E-state index in [2.05, 4.69) is 29.9 Å². The molecule has 0 atom stereocenters. The van der Waals surface area contributed by atoms with Gasteiger partial charge < -0.3 is 4.90 Å². The van der Waals surface area contributed by atoms with Crippen molar-refractivity contribution in [3.8, 4) is 0 Å². The van der Waals surface area contributed by atoms with E-state index in [0.717, 1.165) is 5.69 Å². The number of aryl methyl sites for hydroxylation is 1. The van der Waals surface area contributed by atoms with Gasteiger partial charge in [-0.2, -0.15) is 0 Å². The summed E-state index contributed by atoms with van der Waals surface area (Å²) in [4.78, 5) is 6.70. The summed E-state index contributed by atoms with van der Waals surface area (Å²) in [5.41, 5.74) is 2.48. The molecule has 0 spiro atoms. The molecule has 2 rings (SSSR count). The molecule has 3 heteroatoms. The zero-order valence-electron chi connectivity index (χ0n) is 9.33. The molecule has 1 fully saturated rings. The molecule has 1 aromatic heterocycles. The van der Waals surface area contributed by atoms with Crippen LogP contribution in [0.4, 0.5) is 0 Å². The van der Waals surface area contributed by atoms with Gasteiger partial charge in [0.15, 0.2) is 0 Å². The first-order valence-corrected chi connectivity index (χ1v) is 5.86. The van der Waals surface area contributed by atoms with Crippen LogP contribution in [0.15, 0.2) is 12.1 Å². The smallest absolute Gasteiger partial charge is 0.129 e. The Bertz CT molecular complexity index is 343. The number of hydrogen-bond acceptors (Lipinski definition) is 2. The van der Waals surface area contributed by atoms with E-state index in [1.165, 1.54) is 31.5 Å². The van der Waals surface area contributed by atoms with Gasteiger partial charge in [0, 0.05) is 5.69 Å². The number of aromatic nitrogens is 1. The van der Waals surface area contributed by atoms with Crippen LogP contribution in [-0.2, 0) is 0 Å². The Morgan fingerprint density at radius 2 is 2.00 bits per heavy atom. The summed E-state index contributed by atoms with van der Waals surface area (Å²) in [5.74, 6) is 0.672. The molecule has 1 aromatic rings. The number of pyridine rings is 1. The number of halogens is 1. The van der Waals surface area contributed by atoms with Crippen molar-refractivity contribution < 1.29 is 0 Å². The monoisotopic (exact) mass is 224 g/mol. The fourth-order valence-corrected chi connectivity index (χ4v) is 2.48. The number of piperidine rings is 1. The van der Waals surface area contributed by atoms with Crippen molar-refractivity contribution in [2.75, 3.05) is 20.1 Å². The second-order valence-corrected chi connectivity index (χ2v) is 4.77. The van der Waals surface area contributed by atoms with E-state index in [4.69, 9.17) is 11.6 Å². The highest BCUT2D eigenvalue weighted by Gasteiger charge is 2.20. The lowest BCUT2D eigenvalue weighted by Gasteiger charge is -2.29. The van der Waals surface area contributed by atoms with Crippen molar-refractivity contribution in [1.82, 2.24) is 9.88 Å². The van der Waals surface area contributed by atoms with Crippen LogP contribution in [0.2, 0.25) is 5.15 Å². The Labute approximate surface area is 96.3 Å². The molecule has 0 bridgehead atoms. The van der Waals surface area contributed by atoms with Gasteiger partial charge in [-0.25, -0.2) is 4.98 Å². The lowest BCUT2D eigenvalue weighted by molar-refractivity contribution is 0.255. The Kier molecular flexibility index (Phi) is 3.27. The molecule has 0 radical (unpaired) electrons. The predicted octanol–water partition coefficient (Wildman–Crippen LogP) is 2.85. The van der Waals surface area contributed by atoms with Crippen molar-refractivity contribution in [1.29, 1.82) is 0 Å². The summed E-state index contributed by atoms with van der Waals surface area (Å²) in [5, 5.41) is 0.601. The van der Waals surface area contributed by atoms with Gasteiger partial charge in [-0.15, -0.1) is 0 Å². The lowest BCUT2D eigenvalue weighted by Crippen LogP contribution is -2.29. The van der Waals surface area contributed by atoms with Crippen LogP contribution in [0.1, 0.15) is 30.0 Å². The zero-order chi connectivity index (χ0) is 10.8. The van der Waals surface area contributed by atoms with Crippen molar-refractivity contribution in [3.63, 3.8) is 0 Å². The minimum Gasteiger partial charge on any atom is -0.306 e. The van der Waals surface area contributed by atoms with Crippen molar-refractivity contribution >= 4 is 11.6 Å². The highest BCUT2D eigenvalue weighted by molar-refractivity contribution is 6.29. The average Bonchev–Trinajstić information content (AvgIpc) is 2.20. The molecule has 82 valence electrons. The molecule has 0 aliphatic carbocycles. The van der Waals surface area contributed by atoms with Crippen LogP contribution < -0.4 is 0 Å². The van der Waals surface area contributed by atoms with Crippen LogP contribution in [0.25, 0.3) is 0 Å². The van der Waals surface area contributed by atoms with E-state index < -0.39 is 0 Å². The third kappa shape index (κ3) is 2.50. The summed E-state index contributed by atoms with van der Waals surface area (Å²) in [6.45, 7) is 4.43. The lowest BCUT2D eigenvalue weighted by atomic mass is 9.89. The molecule has 1 saturated heterocycles. The van der Waals surface area contributed by atoms with Gasteiger partial charge in [0.1, 0.15) is 5.15 Å². The fourth-order valence-electron chi connectivity index (χ4n) is 2.29. The van der Waals surface area contributed by atoms with Crippen molar-refractivity contribution in [2.45, 2.75) is 25.7 Å². The number of rotatable bonds is 1. The third-order valence-corrected chi connectivity index (χ3v) is 3.46. The molecule has 0 amide bonds. The second-order valence-electron chi connectivity index (χ2n) is 4.39. The third-order valence-electron chi connectivity index (χ3n) is 3.25. The molecule has 0 saturated carbocycles. The molecule has 0 N–H and O–H groups in total. The number of nitrogens with zero attached hydrogens (tertiary/aromatic N) is 2. The minimum absolute atomic E-state index is 0.601. The molecule has 0 unspecified atom stereocenters. The Balaban J connectivity index is 2.15. The standard InChI is InChI=1S/C12H17ClN2/c1-9-11(3-4-12(13)14-9)10-5-7-15(2)8-6-10/h3-4,10H,5-8H2,1-2H3. The normalized spacial score (nSPS) is 19.4. The summed E-state index contributed by atoms with van der Waals surface area (Å²) in [6, 6.07) is 4.04. The first-order chi connectivity index (χ1) is 7.16. The Morgan fingerprint density at radius 3 is 2.60 bits per heavy atom. The van der Waals surface area contributed by atoms with Gasteiger partial charge in [-0.05, 0) is 57.5 Å². The van der Waals surface area contributed by atoms with Crippen molar-refractivity contribution in [3.05, 3.63) is 28.5 Å². The van der Waals surface area contributed by atoms with Gasteiger partial charge in [0.05, 0.1) is 0 Å². The molecule has 1 aliphatic heterocycles. The summed E-state index contributed by atoms with van der Waals surface area (Å²) < 4.78 is 0. The molecular formula is C12H17ClN2. The summed E-state index contributed by atoms with van der Waals surface area (Å²) in [6.07, 6.45) is 2.47. The van der Waals surface area contributed by atoms with Crippen molar-refractivity contribution in [2.24, 2.45) is 0 Å². The molecule has 1 aliphatic rings. The van der Waals surface area contributed by atoms with E-state index in [1.807, 2.05) is 6.07 Å². The van der Waals surface area contributed by atoms with Crippen LogP contribution in [0.3, 0.4) is 0 Å². The highest BCUT2D eigenvalue weighted by atomic mass is 35.5. The highest BCUT2D eigenvalue weighted by Crippen LogP contribution is 2.29. The maximum Gasteiger partial charge on any atom is 0.129 e. The van der Waals surface area contributed by atoms with Gasteiger partial charge >= 0.3 is 0 Å². The second kappa shape index (κ2) is 4.50. The SMILES string of the molecule is Cc1nc(Cl)ccc1C1CCN(C)CC1. The molecule has 2 heterocycles. The molecule has 0 aromatic carbocycles. The largest absolute Gasteiger partial charge is 0.306 e. The van der Waals surface area contributed by atoms with Crippen LogP contribution in [0, 0.1) is 6.92 Å². The Hall–Kier alpha value is -0.600. The Morgan fingerprint density at radius 1 is 1.33 bits per heavy atom. The predicted molar refractivity (Wildman–Crippen MR) is 63.5 cm³/mol. The van der Waals surface area contributed by atoms with E-state index >= 15 is 0 Å². The first-order valence-electron chi connectivity index (χ1n) is 5.48. The number of hydrogen-bond donors (Lipinski definition) is 0. The van der Waals surface area contributed by atoms with E-state index in [0.29, 0.717) is 11.1 Å². The zero-order valence-corrected chi connectivity index (χ0v) is 10.1. The molecular weight excluding hydrogens is 208 g/mol. The summed E-state index contributed by atoms with van der Waals surface area (Å²) in [7, 11) is 2.18. The minimum atomic E-state index is 0.601. The van der Waals surface area contributed by atoms with Crippen LogP contribution in [-0.4, -0.2) is 30.0 Å². The van der Waals surface area contributed by atoms with Gasteiger partial charge in [-0.1, -0.05) is 17.7 Å². The topological polar surface area (TPSA) is 16.1 Å². The van der Waals surface area contributed by atoms with Crippen LogP contribution >= 0.6 is 11.6 Å². The molecule has 2 nitrogen and oxygen atoms in total. The summed E-state index contributed by atoms with van der Waals surface area (Å²) >= 11 is 5.86. The van der Waals surface area contributed by atoms with E-state index in [1.54, 1.807) is 0 Å². The van der Waals surface area contributed by atoms with Gasteiger partial charge in [0.25, 0.3) is 0 Å². The average molecular weight is 225 g/mol. The molecule has 15 heavy (non-hydrogen) atoms.